The van der Waals surface area contributed by atoms with Gasteiger partial charge in [0.1, 0.15) is 0 Å². The predicted molar refractivity (Wildman–Crippen MR) is 67.0 cm³/mol. The maximum Gasteiger partial charge on any atom is 0.336 e. The van der Waals surface area contributed by atoms with Crippen LogP contribution in [0.5, 0.6) is 0 Å². The summed E-state index contributed by atoms with van der Waals surface area (Å²) in [7, 11) is 0. The van der Waals surface area contributed by atoms with Crippen molar-refractivity contribution in [1.29, 1.82) is 0 Å². The van der Waals surface area contributed by atoms with Gasteiger partial charge in [0.2, 0.25) is 0 Å². The van der Waals surface area contributed by atoms with Gasteiger partial charge in [0.05, 0.1) is 11.6 Å². The Hall–Kier alpha value is -2.41. The van der Waals surface area contributed by atoms with Crippen LogP contribution in [0.15, 0.2) is 18.2 Å². The number of Topliss-reactive ketones (excluding diaryl/α,β-unsaturated/α-hetero) is 1. The predicted octanol–water partition coefficient (Wildman–Crippen LogP) is 0.342. The highest BCUT2D eigenvalue weighted by Crippen LogP contribution is 2.16. The molecule has 0 spiro atoms. The monoisotopic (exact) mass is 266 g/mol. The van der Waals surface area contributed by atoms with E-state index in [9.17, 15) is 14.4 Å². The molecule has 0 amide bonds. The molecule has 0 aliphatic heterocycles. The van der Waals surface area contributed by atoms with Crippen molar-refractivity contribution in [3.8, 4) is 0 Å². The van der Waals surface area contributed by atoms with Gasteiger partial charge in [-0.25, -0.2) is 4.79 Å². The van der Waals surface area contributed by atoms with E-state index in [1.165, 1.54) is 18.2 Å². The zero-order valence-electron chi connectivity index (χ0n) is 10.00. The highest BCUT2D eigenvalue weighted by Gasteiger charge is 2.22. The van der Waals surface area contributed by atoms with Gasteiger partial charge in [-0.2, -0.15) is 0 Å². The number of hydrogen-bond acceptors (Lipinski definition) is 5. The van der Waals surface area contributed by atoms with Crippen LogP contribution in [0.1, 0.15) is 33.6 Å². The number of anilines is 1. The third kappa shape index (κ3) is 3.78. The van der Waals surface area contributed by atoms with Gasteiger partial charge in [-0.3, -0.25) is 9.59 Å². The average Bonchev–Trinajstić information content (AvgIpc) is 2.34. The van der Waals surface area contributed by atoms with E-state index < -0.39 is 23.8 Å². The summed E-state index contributed by atoms with van der Waals surface area (Å²) >= 11 is 0. The summed E-state index contributed by atoms with van der Waals surface area (Å²) in [5.41, 5.74) is 11.0. The molecule has 0 heterocycles. The number of ketones is 1. The standard InChI is InChI=1S/C12H14N2O5/c13-6-1-2-7(12(18)19)8(5-6)11(17)9(14)3-4-10(15)16/h1-2,5,9H,3-4,13-14H2,(H,15,16)(H,18,19)/t9-/m0/s1. The van der Waals surface area contributed by atoms with Crippen molar-refractivity contribution < 1.29 is 24.6 Å². The lowest BCUT2D eigenvalue weighted by molar-refractivity contribution is -0.137. The van der Waals surface area contributed by atoms with Crippen molar-refractivity contribution in [3.05, 3.63) is 29.3 Å². The maximum absolute atomic E-state index is 12.0. The molecule has 7 nitrogen and oxygen atoms in total. The van der Waals surface area contributed by atoms with E-state index in [0.717, 1.165) is 0 Å². The first kappa shape index (κ1) is 14.7. The molecule has 0 fully saturated rings. The van der Waals surface area contributed by atoms with Crippen molar-refractivity contribution in [2.45, 2.75) is 18.9 Å². The Bertz CT molecular complexity index is 527. The summed E-state index contributed by atoms with van der Waals surface area (Å²) < 4.78 is 0. The Labute approximate surface area is 108 Å². The molecule has 1 aromatic rings. The molecule has 1 aromatic carbocycles. The average molecular weight is 266 g/mol. The van der Waals surface area contributed by atoms with Crippen molar-refractivity contribution >= 4 is 23.4 Å². The van der Waals surface area contributed by atoms with E-state index in [0.29, 0.717) is 0 Å². The normalized spacial score (nSPS) is 11.8. The third-order valence-corrected chi connectivity index (χ3v) is 2.55. The molecule has 0 aliphatic rings. The largest absolute Gasteiger partial charge is 0.481 e. The Kier molecular flexibility index (Phi) is 4.60. The first-order valence-corrected chi connectivity index (χ1v) is 5.47. The Morgan fingerprint density at radius 3 is 2.32 bits per heavy atom. The summed E-state index contributed by atoms with van der Waals surface area (Å²) in [5.74, 6) is -2.98. The molecule has 0 saturated heterocycles. The van der Waals surface area contributed by atoms with Crippen LogP contribution >= 0.6 is 0 Å². The fourth-order valence-electron chi connectivity index (χ4n) is 1.56. The second-order valence-corrected chi connectivity index (χ2v) is 4.01. The van der Waals surface area contributed by atoms with Gasteiger partial charge < -0.3 is 21.7 Å². The van der Waals surface area contributed by atoms with Gasteiger partial charge in [0.25, 0.3) is 0 Å². The van der Waals surface area contributed by atoms with Crippen molar-refractivity contribution in [2.75, 3.05) is 5.73 Å². The summed E-state index contributed by atoms with van der Waals surface area (Å²) in [5, 5.41) is 17.5. The molecule has 102 valence electrons. The number of carbonyl (C=O) groups excluding carboxylic acids is 1. The molecule has 1 rings (SSSR count). The molecule has 1 atom stereocenters. The van der Waals surface area contributed by atoms with Crippen LogP contribution in [0.4, 0.5) is 5.69 Å². The molecule has 0 aromatic heterocycles. The SMILES string of the molecule is Nc1ccc(C(=O)O)c(C(=O)[C@@H](N)CCC(=O)O)c1. The quantitative estimate of drug-likeness (QED) is 0.429. The Morgan fingerprint density at radius 1 is 1.16 bits per heavy atom. The van der Waals surface area contributed by atoms with Crippen molar-refractivity contribution in [1.82, 2.24) is 0 Å². The number of rotatable bonds is 6. The Balaban J connectivity index is 3.01. The second kappa shape index (κ2) is 5.96. The number of carbonyl (C=O) groups is 3. The second-order valence-electron chi connectivity index (χ2n) is 4.01. The highest BCUT2D eigenvalue weighted by molar-refractivity contribution is 6.08. The summed E-state index contributed by atoms with van der Waals surface area (Å²) in [4.78, 5) is 33.4. The van der Waals surface area contributed by atoms with Crippen LogP contribution in [0.2, 0.25) is 0 Å². The molecule has 0 bridgehead atoms. The number of carboxylic acids is 2. The first-order valence-electron chi connectivity index (χ1n) is 5.47. The van der Waals surface area contributed by atoms with Crippen LogP contribution < -0.4 is 11.5 Å². The molecule has 0 radical (unpaired) electrons. The van der Waals surface area contributed by atoms with E-state index in [1.807, 2.05) is 0 Å². The van der Waals surface area contributed by atoms with E-state index >= 15 is 0 Å². The molecule has 19 heavy (non-hydrogen) atoms. The lowest BCUT2D eigenvalue weighted by Gasteiger charge is -2.12. The zero-order chi connectivity index (χ0) is 14.6. The van der Waals surface area contributed by atoms with Crippen LogP contribution in [0, 0.1) is 0 Å². The smallest absolute Gasteiger partial charge is 0.336 e. The summed E-state index contributed by atoms with van der Waals surface area (Å²) in [6, 6.07) is 2.74. The number of aliphatic carboxylic acids is 1. The number of nitrogens with two attached hydrogens (primary N) is 2. The maximum atomic E-state index is 12.0. The minimum absolute atomic E-state index is 0.0674. The van der Waals surface area contributed by atoms with E-state index in [-0.39, 0.29) is 29.7 Å². The van der Waals surface area contributed by atoms with Crippen molar-refractivity contribution in [2.24, 2.45) is 5.73 Å². The van der Waals surface area contributed by atoms with Crippen LogP contribution in [-0.2, 0) is 4.79 Å². The molecule has 7 heteroatoms. The molecule has 6 N–H and O–H groups in total. The lowest BCUT2D eigenvalue weighted by atomic mass is 9.96. The first-order chi connectivity index (χ1) is 8.82. The highest BCUT2D eigenvalue weighted by atomic mass is 16.4. The number of nitrogen functional groups attached to an aromatic ring is 1. The fraction of sp³-hybridized carbons (Fsp3) is 0.250. The van der Waals surface area contributed by atoms with Gasteiger partial charge in [0.15, 0.2) is 5.78 Å². The number of benzene rings is 1. The van der Waals surface area contributed by atoms with Crippen LogP contribution in [0.25, 0.3) is 0 Å². The minimum atomic E-state index is -1.27. The van der Waals surface area contributed by atoms with Crippen LogP contribution in [0.3, 0.4) is 0 Å². The Morgan fingerprint density at radius 2 is 1.79 bits per heavy atom. The summed E-state index contributed by atoms with van der Waals surface area (Å²) in [6.07, 6.45) is -0.334. The number of carboxylic acid groups (broad SMARTS) is 2. The molecular formula is C12H14N2O5. The van der Waals surface area contributed by atoms with Gasteiger partial charge in [-0.1, -0.05) is 0 Å². The fourth-order valence-corrected chi connectivity index (χ4v) is 1.56. The van der Waals surface area contributed by atoms with E-state index in [1.54, 1.807) is 0 Å². The zero-order valence-corrected chi connectivity index (χ0v) is 10.00. The lowest BCUT2D eigenvalue weighted by Crippen LogP contribution is -2.32. The number of aromatic carboxylic acids is 1. The van der Waals surface area contributed by atoms with Gasteiger partial charge in [0, 0.05) is 17.7 Å². The molecule has 0 aliphatic carbocycles. The van der Waals surface area contributed by atoms with Crippen LogP contribution in [-0.4, -0.2) is 34.0 Å². The van der Waals surface area contributed by atoms with E-state index in [4.69, 9.17) is 21.7 Å². The minimum Gasteiger partial charge on any atom is -0.481 e. The van der Waals surface area contributed by atoms with Gasteiger partial charge >= 0.3 is 11.9 Å². The molecule has 0 saturated carbocycles. The summed E-state index contributed by atoms with van der Waals surface area (Å²) in [6.45, 7) is 0. The molecular weight excluding hydrogens is 252 g/mol. The van der Waals surface area contributed by atoms with Crippen molar-refractivity contribution in [3.63, 3.8) is 0 Å². The molecule has 0 unspecified atom stereocenters. The van der Waals surface area contributed by atoms with E-state index in [2.05, 4.69) is 0 Å². The van der Waals surface area contributed by atoms with Gasteiger partial charge in [-0.15, -0.1) is 0 Å². The van der Waals surface area contributed by atoms with Gasteiger partial charge in [-0.05, 0) is 24.6 Å². The third-order valence-electron chi connectivity index (χ3n) is 2.55. The topological polar surface area (TPSA) is 144 Å². The number of hydrogen-bond donors (Lipinski definition) is 4.